The minimum atomic E-state index is -3.95. The molecule has 5 nitrogen and oxygen atoms in total. The summed E-state index contributed by atoms with van der Waals surface area (Å²) < 4.78 is 57.1. The van der Waals surface area contributed by atoms with E-state index in [1.165, 1.54) is 12.1 Å². The van der Waals surface area contributed by atoms with E-state index in [1.54, 1.807) is 25.1 Å². The summed E-state index contributed by atoms with van der Waals surface area (Å²) in [5.41, 5.74) is 1.40. The molecular weight excluding hydrogens is 408 g/mol. The van der Waals surface area contributed by atoms with E-state index in [0.717, 1.165) is 24.5 Å². The fourth-order valence-corrected chi connectivity index (χ4v) is 4.84. The molecule has 0 amide bonds. The van der Waals surface area contributed by atoms with Crippen molar-refractivity contribution in [3.8, 4) is 0 Å². The van der Waals surface area contributed by atoms with Crippen LogP contribution < -0.4 is 10.0 Å². The molecule has 2 aliphatic rings. The van der Waals surface area contributed by atoms with E-state index in [-0.39, 0.29) is 34.2 Å². The van der Waals surface area contributed by atoms with Gasteiger partial charge in [0.15, 0.2) is 0 Å². The molecular formula is C22H21F2N3O2S. The largest absolute Gasteiger partial charge is 0.324 e. The topological polar surface area (TPSA) is 70.6 Å². The number of guanidine groups is 1. The molecule has 30 heavy (non-hydrogen) atoms. The van der Waals surface area contributed by atoms with E-state index < -0.39 is 27.6 Å². The van der Waals surface area contributed by atoms with Gasteiger partial charge in [0, 0.05) is 11.5 Å². The highest BCUT2D eigenvalue weighted by Crippen LogP contribution is 2.38. The Morgan fingerprint density at radius 3 is 2.63 bits per heavy atom. The number of nitrogens with one attached hydrogen (secondary N) is 2. The third kappa shape index (κ3) is 3.87. The number of anilines is 1. The Labute approximate surface area is 174 Å². The summed E-state index contributed by atoms with van der Waals surface area (Å²) in [7, 11) is -3.95. The monoisotopic (exact) mass is 429 g/mol. The first-order chi connectivity index (χ1) is 14.4. The van der Waals surface area contributed by atoms with Crippen molar-refractivity contribution in [2.24, 2.45) is 4.99 Å². The molecule has 0 unspecified atom stereocenters. The Morgan fingerprint density at radius 2 is 1.90 bits per heavy atom. The predicted molar refractivity (Wildman–Crippen MR) is 113 cm³/mol. The number of aliphatic imine (C=N–C) groups is 1. The van der Waals surface area contributed by atoms with Crippen LogP contribution in [-0.4, -0.2) is 20.9 Å². The van der Waals surface area contributed by atoms with E-state index in [4.69, 9.17) is 0 Å². The molecule has 0 aromatic heterocycles. The molecule has 8 heteroatoms. The number of nitrogens with zero attached hydrogens (tertiary/aromatic N) is 1. The van der Waals surface area contributed by atoms with Crippen molar-refractivity contribution in [1.29, 1.82) is 0 Å². The lowest BCUT2D eigenvalue weighted by Crippen LogP contribution is -2.41. The van der Waals surface area contributed by atoms with Crippen LogP contribution in [0.5, 0.6) is 0 Å². The maximum atomic E-state index is 14.9. The third-order valence-electron chi connectivity index (χ3n) is 5.21. The normalized spacial score (nSPS) is 19.4. The van der Waals surface area contributed by atoms with Crippen molar-refractivity contribution < 1.29 is 17.2 Å². The number of rotatable bonds is 4. The highest BCUT2D eigenvalue weighted by Gasteiger charge is 2.32. The highest BCUT2D eigenvalue weighted by atomic mass is 32.2. The predicted octanol–water partition coefficient (Wildman–Crippen LogP) is 4.45. The Hall–Kier alpha value is -3.00. The van der Waals surface area contributed by atoms with Gasteiger partial charge in [0.1, 0.15) is 16.5 Å². The molecule has 1 atom stereocenters. The second kappa shape index (κ2) is 8.02. The molecule has 1 aliphatic heterocycles. The summed E-state index contributed by atoms with van der Waals surface area (Å²) in [5.74, 6) is -1.81. The summed E-state index contributed by atoms with van der Waals surface area (Å²) in [4.78, 5) is 4.22. The Morgan fingerprint density at radius 1 is 1.10 bits per heavy atom. The van der Waals surface area contributed by atoms with Gasteiger partial charge in [-0.15, -0.1) is 0 Å². The molecule has 0 fully saturated rings. The maximum absolute atomic E-state index is 14.9. The molecule has 1 aliphatic carbocycles. The third-order valence-corrected chi connectivity index (χ3v) is 6.60. The average Bonchev–Trinajstić information content (AvgIpc) is 2.72. The van der Waals surface area contributed by atoms with Crippen molar-refractivity contribution >= 4 is 21.7 Å². The van der Waals surface area contributed by atoms with Crippen molar-refractivity contribution in [3.05, 3.63) is 83.0 Å². The van der Waals surface area contributed by atoms with E-state index in [9.17, 15) is 17.2 Å². The SMILES string of the molecule is C[C@@H](c1ccccc1F)c1c(F)ccc2c1NC(=NCC1=CCCC=C1)NS2(=O)=O. The number of hydrogen-bond donors (Lipinski definition) is 2. The average molecular weight is 429 g/mol. The Balaban J connectivity index is 1.76. The van der Waals surface area contributed by atoms with Gasteiger partial charge in [-0.1, -0.05) is 43.4 Å². The summed E-state index contributed by atoms with van der Waals surface area (Å²) in [6, 6.07) is 8.35. The minimum absolute atomic E-state index is 0.00922. The van der Waals surface area contributed by atoms with Crippen molar-refractivity contribution in [1.82, 2.24) is 4.72 Å². The number of halogens is 2. The number of allylic oxidation sites excluding steroid dienone is 2. The van der Waals surface area contributed by atoms with Crippen LogP contribution in [0.4, 0.5) is 14.5 Å². The first kappa shape index (κ1) is 20.3. The molecule has 2 N–H and O–H groups in total. The number of fused-ring (bicyclic) bond motifs is 1. The zero-order valence-electron chi connectivity index (χ0n) is 16.3. The second-order valence-corrected chi connectivity index (χ2v) is 8.88. The van der Waals surface area contributed by atoms with Gasteiger partial charge >= 0.3 is 0 Å². The van der Waals surface area contributed by atoms with Crippen LogP contribution in [0.3, 0.4) is 0 Å². The number of hydrogen-bond acceptors (Lipinski definition) is 3. The zero-order chi connectivity index (χ0) is 21.3. The van der Waals surface area contributed by atoms with Crippen molar-refractivity contribution in [3.63, 3.8) is 0 Å². The van der Waals surface area contributed by atoms with Crippen LogP contribution in [0.2, 0.25) is 0 Å². The van der Waals surface area contributed by atoms with Crippen LogP contribution in [0, 0.1) is 11.6 Å². The van der Waals surface area contributed by atoms with Crippen LogP contribution >= 0.6 is 0 Å². The zero-order valence-corrected chi connectivity index (χ0v) is 17.1. The smallest absolute Gasteiger partial charge is 0.266 e. The van der Waals surface area contributed by atoms with Crippen molar-refractivity contribution in [2.75, 3.05) is 11.9 Å². The number of sulfonamides is 1. The van der Waals surface area contributed by atoms with Gasteiger partial charge in [0.25, 0.3) is 10.0 Å². The highest BCUT2D eigenvalue weighted by molar-refractivity contribution is 7.90. The molecule has 0 saturated carbocycles. The summed E-state index contributed by atoms with van der Waals surface area (Å²) in [6.45, 7) is 1.92. The molecule has 0 spiro atoms. The van der Waals surface area contributed by atoms with Gasteiger partial charge in [0.05, 0.1) is 12.2 Å². The van der Waals surface area contributed by atoms with E-state index in [1.807, 2.05) is 18.2 Å². The molecule has 2 aromatic carbocycles. The lowest BCUT2D eigenvalue weighted by molar-refractivity contribution is 0.577. The van der Waals surface area contributed by atoms with E-state index in [0.29, 0.717) is 0 Å². The first-order valence-corrected chi connectivity index (χ1v) is 11.1. The second-order valence-electron chi connectivity index (χ2n) is 7.23. The van der Waals surface area contributed by atoms with Gasteiger partial charge in [-0.2, -0.15) is 0 Å². The summed E-state index contributed by atoms with van der Waals surface area (Å²) >= 11 is 0. The number of benzene rings is 2. The fourth-order valence-electron chi connectivity index (χ4n) is 3.69. The summed E-state index contributed by atoms with van der Waals surface area (Å²) in [5, 5.41) is 2.92. The lowest BCUT2D eigenvalue weighted by Gasteiger charge is -2.26. The molecule has 2 aromatic rings. The fraction of sp³-hybridized carbons (Fsp3) is 0.227. The molecule has 156 valence electrons. The van der Waals surface area contributed by atoms with Gasteiger partial charge in [-0.3, -0.25) is 0 Å². The summed E-state index contributed by atoms with van der Waals surface area (Å²) in [6.07, 6.45) is 7.90. The van der Waals surface area contributed by atoms with Crippen LogP contribution in [0.15, 0.2) is 70.1 Å². The lowest BCUT2D eigenvalue weighted by atomic mass is 9.91. The molecule has 0 radical (unpaired) electrons. The van der Waals surface area contributed by atoms with Gasteiger partial charge in [-0.25, -0.2) is 26.9 Å². The van der Waals surface area contributed by atoms with E-state index in [2.05, 4.69) is 15.0 Å². The minimum Gasteiger partial charge on any atom is -0.324 e. The molecule has 4 rings (SSSR count). The van der Waals surface area contributed by atoms with Crippen LogP contribution in [0.25, 0.3) is 0 Å². The van der Waals surface area contributed by atoms with Gasteiger partial charge in [-0.05, 0) is 42.2 Å². The Bertz CT molecular complexity index is 1190. The molecule has 1 heterocycles. The molecule has 0 saturated heterocycles. The van der Waals surface area contributed by atoms with Gasteiger partial charge in [0.2, 0.25) is 5.96 Å². The van der Waals surface area contributed by atoms with Crippen LogP contribution in [-0.2, 0) is 10.0 Å². The van der Waals surface area contributed by atoms with Gasteiger partial charge < -0.3 is 5.32 Å². The quantitative estimate of drug-likeness (QED) is 0.754. The standard InChI is InChI=1S/C22H21F2N3O2S/c1-14(16-9-5-6-10-17(16)23)20-18(24)11-12-19-21(20)26-22(27-30(19,28)29)25-13-15-7-3-2-4-8-15/h3,5-12,14H,2,4,13H2,1H3,(H2,25,26,27)/t14-/m0/s1. The van der Waals surface area contributed by atoms with Crippen LogP contribution in [0.1, 0.15) is 36.8 Å². The Kier molecular flexibility index (Phi) is 5.42. The maximum Gasteiger partial charge on any atom is 0.266 e. The van der Waals surface area contributed by atoms with E-state index >= 15 is 0 Å². The molecule has 0 bridgehead atoms. The first-order valence-electron chi connectivity index (χ1n) is 9.63. The van der Waals surface area contributed by atoms with Crippen molar-refractivity contribution in [2.45, 2.75) is 30.6 Å².